The second-order valence-electron chi connectivity index (χ2n) is 5.91. The van der Waals surface area contributed by atoms with Gasteiger partial charge in [-0.05, 0) is 37.1 Å². The Morgan fingerprint density at radius 2 is 2.00 bits per heavy atom. The highest BCUT2D eigenvalue weighted by Crippen LogP contribution is 2.34. The number of rotatable bonds is 1. The molecular weight excluding hydrogens is 253 g/mol. The van der Waals surface area contributed by atoms with E-state index < -0.39 is 0 Å². The molecule has 0 radical (unpaired) electrons. The number of nitrogens with zero attached hydrogens (tertiary/aromatic N) is 1. The third kappa shape index (κ3) is 2.13. The molecule has 0 bridgehead atoms. The fraction of sp³-hybridized carbons (Fsp3) is 0.294. The summed E-state index contributed by atoms with van der Waals surface area (Å²) in [7, 11) is 0. The largest absolute Gasteiger partial charge is 0.294 e. The molecule has 0 spiro atoms. The molecule has 1 aromatic carbocycles. The summed E-state index contributed by atoms with van der Waals surface area (Å²) in [5.41, 5.74) is 2.69. The zero-order valence-electron chi connectivity index (χ0n) is 11.6. The first-order valence-corrected chi connectivity index (χ1v) is 6.78. The lowest BCUT2D eigenvalue weighted by atomic mass is 9.75. The van der Waals surface area contributed by atoms with Gasteiger partial charge in [-0.15, -0.1) is 0 Å². The van der Waals surface area contributed by atoms with Crippen molar-refractivity contribution in [3.8, 4) is 11.3 Å². The number of benzene rings is 1. The first-order chi connectivity index (χ1) is 9.47. The van der Waals surface area contributed by atoms with Gasteiger partial charge in [0.15, 0.2) is 5.78 Å². The van der Waals surface area contributed by atoms with Gasteiger partial charge in [0.25, 0.3) is 0 Å². The standard InChI is InChI=1S/C17H16FNO/c1-17(2)9-8-15-13(16(17)20)6-7-14(19-15)11-4-3-5-12(18)10-11/h3-7,10H,8-9H2,1-2H3. The zero-order valence-corrected chi connectivity index (χ0v) is 11.6. The highest BCUT2D eigenvalue weighted by molar-refractivity contribution is 6.02. The molecule has 2 nitrogen and oxygen atoms in total. The van der Waals surface area contributed by atoms with Crippen LogP contribution in [0.2, 0.25) is 0 Å². The Kier molecular flexibility index (Phi) is 2.93. The molecule has 2 aromatic rings. The number of aromatic nitrogens is 1. The number of carbonyl (C=O) groups is 1. The quantitative estimate of drug-likeness (QED) is 0.782. The lowest BCUT2D eigenvalue weighted by Gasteiger charge is -2.29. The van der Waals surface area contributed by atoms with Gasteiger partial charge in [-0.1, -0.05) is 26.0 Å². The number of Topliss-reactive ketones (excluding diaryl/α,β-unsaturated/α-hetero) is 1. The lowest BCUT2D eigenvalue weighted by Crippen LogP contribution is -2.31. The molecule has 0 aliphatic heterocycles. The topological polar surface area (TPSA) is 30.0 Å². The van der Waals surface area contributed by atoms with Crippen molar-refractivity contribution in [2.24, 2.45) is 5.41 Å². The van der Waals surface area contributed by atoms with Crippen molar-refractivity contribution in [1.29, 1.82) is 0 Å². The fourth-order valence-corrected chi connectivity index (χ4v) is 2.62. The van der Waals surface area contributed by atoms with E-state index in [0.717, 1.165) is 29.8 Å². The van der Waals surface area contributed by atoms with Gasteiger partial charge in [-0.2, -0.15) is 0 Å². The maximum absolute atomic E-state index is 13.3. The van der Waals surface area contributed by atoms with Crippen LogP contribution in [-0.4, -0.2) is 10.8 Å². The summed E-state index contributed by atoms with van der Waals surface area (Å²) in [6, 6.07) is 9.99. The fourth-order valence-electron chi connectivity index (χ4n) is 2.62. The summed E-state index contributed by atoms with van der Waals surface area (Å²) in [6.07, 6.45) is 1.59. The molecule has 0 saturated carbocycles. The Bertz CT molecular complexity index is 691. The number of carbonyl (C=O) groups excluding carboxylic acids is 1. The molecule has 1 aromatic heterocycles. The van der Waals surface area contributed by atoms with E-state index in [1.807, 2.05) is 26.0 Å². The minimum absolute atomic E-state index is 0.150. The van der Waals surface area contributed by atoms with Gasteiger partial charge in [0.05, 0.1) is 11.4 Å². The zero-order chi connectivity index (χ0) is 14.3. The van der Waals surface area contributed by atoms with Gasteiger partial charge in [0, 0.05) is 16.5 Å². The predicted molar refractivity (Wildman–Crippen MR) is 76.1 cm³/mol. The van der Waals surface area contributed by atoms with Crippen LogP contribution in [0.4, 0.5) is 4.39 Å². The molecule has 0 unspecified atom stereocenters. The maximum atomic E-state index is 13.3. The molecule has 0 atom stereocenters. The summed E-state index contributed by atoms with van der Waals surface area (Å²) >= 11 is 0. The molecule has 0 saturated heterocycles. The van der Waals surface area contributed by atoms with E-state index >= 15 is 0 Å². The normalized spacial score (nSPS) is 16.9. The summed E-state index contributed by atoms with van der Waals surface area (Å²) < 4.78 is 13.3. The van der Waals surface area contributed by atoms with Crippen molar-refractivity contribution in [1.82, 2.24) is 4.98 Å². The first-order valence-electron chi connectivity index (χ1n) is 6.78. The van der Waals surface area contributed by atoms with E-state index in [1.165, 1.54) is 12.1 Å². The number of pyridine rings is 1. The minimum atomic E-state index is -0.310. The average Bonchev–Trinajstić information content (AvgIpc) is 2.43. The van der Waals surface area contributed by atoms with Crippen molar-refractivity contribution < 1.29 is 9.18 Å². The van der Waals surface area contributed by atoms with Crippen LogP contribution in [0, 0.1) is 11.2 Å². The van der Waals surface area contributed by atoms with E-state index in [4.69, 9.17) is 0 Å². The number of aryl methyl sites for hydroxylation is 1. The molecular formula is C17H16FNO. The Labute approximate surface area is 117 Å². The first kappa shape index (κ1) is 13.0. The molecule has 3 heteroatoms. The van der Waals surface area contributed by atoms with Crippen LogP contribution < -0.4 is 0 Å². The van der Waals surface area contributed by atoms with Crippen molar-refractivity contribution in [2.75, 3.05) is 0 Å². The van der Waals surface area contributed by atoms with E-state index in [1.54, 1.807) is 12.1 Å². The third-order valence-electron chi connectivity index (χ3n) is 3.94. The Hall–Kier alpha value is -2.03. The van der Waals surface area contributed by atoms with Crippen LogP contribution in [0.15, 0.2) is 36.4 Å². The highest BCUT2D eigenvalue weighted by atomic mass is 19.1. The Morgan fingerprint density at radius 1 is 1.20 bits per heavy atom. The highest BCUT2D eigenvalue weighted by Gasteiger charge is 2.34. The second-order valence-corrected chi connectivity index (χ2v) is 5.91. The van der Waals surface area contributed by atoms with Crippen molar-refractivity contribution in [3.63, 3.8) is 0 Å². The number of ketones is 1. The SMILES string of the molecule is CC1(C)CCc2nc(-c3cccc(F)c3)ccc2C1=O. The van der Waals surface area contributed by atoms with Gasteiger partial charge < -0.3 is 0 Å². The van der Waals surface area contributed by atoms with Crippen LogP contribution in [0.1, 0.15) is 36.3 Å². The summed E-state index contributed by atoms with van der Waals surface area (Å²) in [6.45, 7) is 3.94. The number of hydrogen-bond acceptors (Lipinski definition) is 2. The van der Waals surface area contributed by atoms with Gasteiger partial charge in [0.1, 0.15) is 5.82 Å². The molecule has 20 heavy (non-hydrogen) atoms. The Morgan fingerprint density at radius 3 is 2.75 bits per heavy atom. The summed E-state index contributed by atoms with van der Waals surface area (Å²) in [5.74, 6) is -0.128. The molecule has 1 aliphatic carbocycles. The molecule has 1 aliphatic rings. The smallest absolute Gasteiger partial charge is 0.170 e. The molecule has 3 rings (SSSR count). The third-order valence-corrected chi connectivity index (χ3v) is 3.94. The monoisotopic (exact) mass is 269 g/mol. The Balaban J connectivity index is 2.05. The number of fused-ring (bicyclic) bond motifs is 1. The van der Waals surface area contributed by atoms with Crippen LogP contribution in [0.3, 0.4) is 0 Å². The van der Waals surface area contributed by atoms with E-state index in [-0.39, 0.29) is 17.0 Å². The lowest BCUT2D eigenvalue weighted by molar-refractivity contribution is 0.0809. The van der Waals surface area contributed by atoms with E-state index in [2.05, 4.69) is 4.98 Å². The van der Waals surface area contributed by atoms with Crippen LogP contribution in [0.5, 0.6) is 0 Å². The van der Waals surface area contributed by atoms with Crippen molar-refractivity contribution >= 4 is 5.78 Å². The van der Waals surface area contributed by atoms with Gasteiger partial charge >= 0.3 is 0 Å². The minimum Gasteiger partial charge on any atom is -0.294 e. The molecule has 0 fully saturated rings. The second kappa shape index (κ2) is 4.51. The molecule has 0 amide bonds. The van der Waals surface area contributed by atoms with Gasteiger partial charge in [0.2, 0.25) is 0 Å². The van der Waals surface area contributed by atoms with E-state index in [9.17, 15) is 9.18 Å². The summed E-state index contributed by atoms with van der Waals surface area (Å²) in [5, 5.41) is 0. The molecule has 0 N–H and O–H groups in total. The van der Waals surface area contributed by atoms with E-state index in [0.29, 0.717) is 5.56 Å². The number of hydrogen-bond donors (Lipinski definition) is 0. The maximum Gasteiger partial charge on any atom is 0.170 e. The van der Waals surface area contributed by atoms with Crippen LogP contribution in [0.25, 0.3) is 11.3 Å². The van der Waals surface area contributed by atoms with Gasteiger partial charge in [-0.3, -0.25) is 9.78 Å². The molecule has 1 heterocycles. The predicted octanol–water partition coefficient (Wildman–Crippen LogP) is 4.04. The van der Waals surface area contributed by atoms with Crippen molar-refractivity contribution in [3.05, 3.63) is 53.5 Å². The average molecular weight is 269 g/mol. The van der Waals surface area contributed by atoms with Gasteiger partial charge in [-0.25, -0.2) is 4.39 Å². The number of halogens is 1. The van der Waals surface area contributed by atoms with Crippen LogP contribution >= 0.6 is 0 Å². The van der Waals surface area contributed by atoms with Crippen LogP contribution in [-0.2, 0) is 6.42 Å². The molecule has 102 valence electrons. The summed E-state index contributed by atoms with van der Waals surface area (Å²) in [4.78, 5) is 16.9. The van der Waals surface area contributed by atoms with Crippen molar-refractivity contribution in [2.45, 2.75) is 26.7 Å².